The molecule has 102 valence electrons. The van der Waals surface area contributed by atoms with Gasteiger partial charge in [-0.3, -0.25) is 5.84 Å². The Morgan fingerprint density at radius 3 is 2.84 bits per heavy atom. The van der Waals surface area contributed by atoms with Gasteiger partial charge in [-0.2, -0.15) is 0 Å². The number of ether oxygens (including phenoxy) is 1. The predicted molar refractivity (Wildman–Crippen MR) is 83.4 cm³/mol. The lowest BCUT2D eigenvalue weighted by Gasteiger charge is -2.19. The summed E-state index contributed by atoms with van der Waals surface area (Å²) in [5, 5.41) is 2.09. The number of rotatable bonds is 6. The van der Waals surface area contributed by atoms with E-state index in [0.29, 0.717) is 6.61 Å². The second kappa shape index (κ2) is 7.05. The minimum Gasteiger partial charge on any atom is -0.493 e. The van der Waals surface area contributed by atoms with Gasteiger partial charge in [0.05, 0.1) is 16.4 Å². The first kappa shape index (κ1) is 14.5. The number of nitrogens with two attached hydrogens (primary N) is 1. The van der Waals surface area contributed by atoms with E-state index in [1.165, 1.54) is 0 Å². The maximum Gasteiger partial charge on any atom is 0.124 e. The number of para-hydroxylation sites is 1. The molecule has 1 heterocycles. The second-order valence-corrected chi connectivity index (χ2v) is 6.46. The van der Waals surface area contributed by atoms with Crippen LogP contribution >= 0.6 is 27.3 Å². The fourth-order valence-electron chi connectivity index (χ4n) is 1.90. The summed E-state index contributed by atoms with van der Waals surface area (Å²) in [7, 11) is 0. The van der Waals surface area contributed by atoms with E-state index in [-0.39, 0.29) is 6.04 Å². The summed E-state index contributed by atoms with van der Waals surface area (Å²) < 4.78 is 6.89. The number of hydrazine groups is 1. The molecule has 0 saturated carbocycles. The molecule has 1 aromatic heterocycles. The van der Waals surface area contributed by atoms with Crippen molar-refractivity contribution in [2.24, 2.45) is 5.84 Å². The number of halogens is 1. The average Bonchev–Trinajstić information content (AvgIpc) is 2.85. The Morgan fingerprint density at radius 1 is 1.42 bits per heavy atom. The van der Waals surface area contributed by atoms with Crippen LogP contribution in [0.1, 0.15) is 30.5 Å². The third kappa shape index (κ3) is 3.57. The molecule has 2 rings (SSSR count). The van der Waals surface area contributed by atoms with Gasteiger partial charge in [0.25, 0.3) is 0 Å². The third-order valence-electron chi connectivity index (χ3n) is 2.78. The zero-order valence-electron chi connectivity index (χ0n) is 10.7. The van der Waals surface area contributed by atoms with Crippen LogP contribution in [-0.2, 0) is 0 Å². The van der Waals surface area contributed by atoms with Crippen molar-refractivity contribution >= 4 is 27.3 Å². The zero-order chi connectivity index (χ0) is 13.7. The molecule has 19 heavy (non-hydrogen) atoms. The van der Waals surface area contributed by atoms with Gasteiger partial charge < -0.3 is 4.74 Å². The highest BCUT2D eigenvalue weighted by Crippen LogP contribution is 2.33. The molecule has 2 aromatic rings. The summed E-state index contributed by atoms with van der Waals surface area (Å²) in [5.41, 5.74) is 5.06. The van der Waals surface area contributed by atoms with Crippen molar-refractivity contribution in [1.82, 2.24) is 5.43 Å². The van der Waals surface area contributed by atoms with Crippen LogP contribution in [0.3, 0.4) is 0 Å². The number of benzene rings is 1. The van der Waals surface area contributed by atoms with Crippen LogP contribution in [0.15, 0.2) is 39.5 Å². The molecular weight excluding hydrogens is 324 g/mol. The Balaban J connectivity index is 2.32. The average molecular weight is 341 g/mol. The van der Waals surface area contributed by atoms with E-state index >= 15 is 0 Å². The Kier molecular flexibility index (Phi) is 5.39. The molecule has 1 aromatic carbocycles. The summed E-state index contributed by atoms with van der Waals surface area (Å²) in [5.74, 6) is 6.61. The third-order valence-corrected chi connectivity index (χ3v) is 4.30. The van der Waals surface area contributed by atoms with Crippen molar-refractivity contribution < 1.29 is 4.74 Å². The molecule has 0 aliphatic rings. The lowest BCUT2D eigenvalue weighted by Crippen LogP contribution is -2.28. The molecule has 1 atom stereocenters. The van der Waals surface area contributed by atoms with Crippen molar-refractivity contribution in [1.29, 1.82) is 0 Å². The van der Waals surface area contributed by atoms with Crippen LogP contribution in [0.5, 0.6) is 5.75 Å². The lowest BCUT2D eigenvalue weighted by molar-refractivity contribution is 0.312. The fourth-order valence-corrected chi connectivity index (χ4v) is 3.10. The lowest BCUT2D eigenvalue weighted by atomic mass is 10.0. The molecule has 3 nitrogen and oxygen atoms in total. The molecule has 0 amide bonds. The predicted octanol–water partition coefficient (Wildman–Crippen LogP) is 3.85. The number of thiophene rings is 1. The minimum absolute atomic E-state index is 0.0596. The van der Waals surface area contributed by atoms with E-state index < -0.39 is 0 Å². The Labute approximate surface area is 125 Å². The number of hydrogen-bond acceptors (Lipinski definition) is 4. The van der Waals surface area contributed by atoms with E-state index in [9.17, 15) is 0 Å². The highest BCUT2D eigenvalue weighted by Gasteiger charge is 2.17. The van der Waals surface area contributed by atoms with Crippen LogP contribution < -0.4 is 16.0 Å². The highest BCUT2D eigenvalue weighted by molar-refractivity contribution is 9.11. The van der Waals surface area contributed by atoms with Gasteiger partial charge in [-0.25, -0.2) is 5.43 Å². The van der Waals surface area contributed by atoms with E-state index in [2.05, 4.69) is 39.7 Å². The standard InChI is InChI=1S/C14H17BrN2OS/c1-2-7-18-12-6-4-3-5-11(12)14(17-16)10-8-13(15)19-9-10/h3-6,8-9,14,17H,2,7,16H2,1H3. The van der Waals surface area contributed by atoms with Crippen LogP contribution in [0, 0.1) is 0 Å². The van der Waals surface area contributed by atoms with Crippen LogP contribution in [0.4, 0.5) is 0 Å². The first-order valence-corrected chi connectivity index (χ1v) is 7.85. The minimum atomic E-state index is -0.0596. The van der Waals surface area contributed by atoms with E-state index in [4.69, 9.17) is 10.6 Å². The Morgan fingerprint density at radius 2 is 2.21 bits per heavy atom. The van der Waals surface area contributed by atoms with Gasteiger partial charge in [-0.05, 0) is 45.4 Å². The molecule has 0 aliphatic heterocycles. The second-order valence-electron chi connectivity index (χ2n) is 4.17. The number of hydrogen-bond donors (Lipinski definition) is 2. The molecule has 0 fully saturated rings. The van der Waals surface area contributed by atoms with Gasteiger partial charge in [0.15, 0.2) is 0 Å². The maximum absolute atomic E-state index is 5.79. The first-order valence-electron chi connectivity index (χ1n) is 6.18. The SMILES string of the molecule is CCCOc1ccccc1C(NN)c1csc(Br)c1. The highest BCUT2D eigenvalue weighted by atomic mass is 79.9. The van der Waals surface area contributed by atoms with Crippen molar-refractivity contribution in [3.63, 3.8) is 0 Å². The van der Waals surface area contributed by atoms with E-state index in [1.807, 2.05) is 24.3 Å². The monoisotopic (exact) mass is 340 g/mol. The van der Waals surface area contributed by atoms with Gasteiger partial charge in [0, 0.05) is 5.56 Å². The molecular formula is C14H17BrN2OS. The summed E-state index contributed by atoms with van der Waals surface area (Å²) >= 11 is 5.13. The van der Waals surface area contributed by atoms with Crippen LogP contribution in [0.25, 0.3) is 0 Å². The maximum atomic E-state index is 5.79. The Hall–Kier alpha value is -0.880. The van der Waals surface area contributed by atoms with Gasteiger partial charge in [0.2, 0.25) is 0 Å². The quantitative estimate of drug-likeness (QED) is 0.620. The number of nitrogens with one attached hydrogen (secondary N) is 1. The van der Waals surface area contributed by atoms with Crippen molar-refractivity contribution in [3.05, 3.63) is 50.6 Å². The summed E-state index contributed by atoms with van der Waals surface area (Å²) in [6, 6.07) is 10.0. The summed E-state index contributed by atoms with van der Waals surface area (Å²) in [6.45, 7) is 2.80. The van der Waals surface area contributed by atoms with Gasteiger partial charge in [-0.15, -0.1) is 11.3 Å². The van der Waals surface area contributed by atoms with Gasteiger partial charge in [0.1, 0.15) is 5.75 Å². The molecule has 0 saturated heterocycles. The molecule has 1 unspecified atom stereocenters. The normalized spacial score (nSPS) is 12.4. The molecule has 0 spiro atoms. The summed E-state index contributed by atoms with van der Waals surface area (Å²) in [6.07, 6.45) is 0.985. The Bertz CT molecular complexity index is 530. The van der Waals surface area contributed by atoms with Crippen molar-refractivity contribution in [2.75, 3.05) is 6.61 Å². The van der Waals surface area contributed by atoms with E-state index in [0.717, 1.165) is 27.1 Å². The van der Waals surface area contributed by atoms with E-state index in [1.54, 1.807) is 11.3 Å². The summed E-state index contributed by atoms with van der Waals surface area (Å²) in [4.78, 5) is 0. The smallest absolute Gasteiger partial charge is 0.124 e. The van der Waals surface area contributed by atoms with Gasteiger partial charge in [-0.1, -0.05) is 25.1 Å². The molecule has 3 N–H and O–H groups in total. The molecule has 0 bridgehead atoms. The van der Waals surface area contributed by atoms with Crippen molar-refractivity contribution in [2.45, 2.75) is 19.4 Å². The molecule has 5 heteroatoms. The zero-order valence-corrected chi connectivity index (χ0v) is 13.1. The largest absolute Gasteiger partial charge is 0.493 e. The fraction of sp³-hybridized carbons (Fsp3) is 0.286. The molecule has 0 radical (unpaired) electrons. The first-order chi connectivity index (χ1) is 9.26. The van der Waals surface area contributed by atoms with Crippen LogP contribution in [-0.4, -0.2) is 6.61 Å². The van der Waals surface area contributed by atoms with Gasteiger partial charge >= 0.3 is 0 Å². The van der Waals surface area contributed by atoms with Crippen molar-refractivity contribution in [3.8, 4) is 5.75 Å². The topological polar surface area (TPSA) is 47.3 Å². The van der Waals surface area contributed by atoms with Crippen LogP contribution in [0.2, 0.25) is 0 Å². The molecule has 0 aliphatic carbocycles.